The highest BCUT2D eigenvalue weighted by molar-refractivity contribution is 5.90. The molecule has 0 radical (unpaired) electrons. The van der Waals surface area contributed by atoms with Crippen LogP contribution in [0.1, 0.15) is 31.4 Å². The molecule has 0 spiro atoms. The third kappa shape index (κ3) is 3.94. The summed E-state index contributed by atoms with van der Waals surface area (Å²) in [6, 6.07) is 7.17. The number of aryl methyl sites for hydroxylation is 1. The second kappa shape index (κ2) is 7.49. The first-order valence-corrected chi connectivity index (χ1v) is 8.37. The predicted molar refractivity (Wildman–Crippen MR) is 91.7 cm³/mol. The molecule has 1 aliphatic rings. The summed E-state index contributed by atoms with van der Waals surface area (Å²) in [6.07, 6.45) is 5.73. The summed E-state index contributed by atoms with van der Waals surface area (Å²) in [4.78, 5) is 16.4. The molecule has 0 saturated heterocycles. The Morgan fingerprint density at radius 1 is 1.38 bits per heavy atom. The number of aliphatic hydroxyl groups excluding tert-OH is 1. The molecule has 6 nitrogen and oxygen atoms in total. The molecule has 2 atom stereocenters. The number of urea groups is 1. The van der Waals surface area contributed by atoms with Gasteiger partial charge in [0, 0.05) is 29.8 Å². The summed E-state index contributed by atoms with van der Waals surface area (Å²) in [5.41, 5.74) is 1.49. The van der Waals surface area contributed by atoms with E-state index in [1.54, 1.807) is 6.20 Å². The van der Waals surface area contributed by atoms with E-state index in [9.17, 15) is 9.90 Å². The van der Waals surface area contributed by atoms with Gasteiger partial charge in [0.15, 0.2) is 0 Å². The minimum Gasteiger partial charge on any atom is -0.441 e. The maximum atomic E-state index is 12.3. The van der Waals surface area contributed by atoms with Gasteiger partial charge < -0.3 is 20.2 Å². The molecule has 0 bridgehead atoms. The van der Waals surface area contributed by atoms with Gasteiger partial charge in [0.25, 0.3) is 0 Å². The zero-order valence-electron chi connectivity index (χ0n) is 13.8. The molecular weight excluding hydrogens is 306 g/mol. The number of anilines is 1. The first kappa shape index (κ1) is 16.5. The fraction of sp³-hybridized carbons (Fsp3) is 0.444. The van der Waals surface area contributed by atoms with Gasteiger partial charge in [-0.2, -0.15) is 0 Å². The highest BCUT2D eigenvalue weighted by Gasteiger charge is 2.25. The smallest absolute Gasteiger partial charge is 0.319 e. The molecule has 3 rings (SSSR count). The number of aliphatic hydroxyl groups is 1. The molecule has 1 fully saturated rings. The number of nitrogens with one attached hydrogen (secondary N) is 2. The van der Waals surface area contributed by atoms with E-state index in [0.717, 1.165) is 37.0 Å². The van der Waals surface area contributed by atoms with E-state index in [-0.39, 0.29) is 24.6 Å². The predicted octanol–water partition coefficient (Wildman–Crippen LogP) is 3.32. The van der Waals surface area contributed by atoms with E-state index in [1.807, 2.05) is 31.2 Å². The highest BCUT2D eigenvalue weighted by Crippen LogP contribution is 2.25. The van der Waals surface area contributed by atoms with Crippen molar-refractivity contribution < 1.29 is 14.3 Å². The maximum Gasteiger partial charge on any atom is 0.319 e. The average Bonchev–Trinajstić information content (AvgIpc) is 3.02. The third-order valence-corrected chi connectivity index (χ3v) is 4.45. The van der Waals surface area contributed by atoms with E-state index in [4.69, 9.17) is 4.42 Å². The number of oxazole rings is 1. The fourth-order valence-electron chi connectivity index (χ4n) is 3.17. The van der Waals surface area contributed by atoms with Gasteiger partial charge in [-0.05, 0) is 38.0 Å². The Kier molecular flexibility index (Phi) is 5.15. The van der Waals surface area contributed by atoms with Gasteiger partial charge in [0.1, 0.15) is 5.76 Å². The summed E-state index contributed by atoms with van der Waals surface area (Å²) in [6.45, 7) is 1.96. The zero-order chi connectivity index (χ0) is 16.9. The second-order valence-electron chi connectivity index (χ2n) is 6.29. The molecule has 128 valence electrons. The van der Waals surface area contributed by atoms with Crippen molar-refractivity contribution >= 4 is 11.7 Å². The van der Waals surface area contributed by atoms with E-state index in [1.165, 1.54) is 0 Å². The summed E-state index contributed by atoms with van der Waals surface area (Å²) < 4.78 is 5.51. The minimum absolute atomic E-state index is 0.0290. The van der Waals surface area contributed by atoms with Crippen LogP contribution in [0.3, 0.4) is 0 Å². The van der Waals surface area contributed by atoms with Crippen molar-refractivity contribution in [1.29, 1.82) is 0 Å². The Morgan fingerprint density at radius 2 is 2.21 bits per heavy atom. The number of hydrogen-bond acceptors (Lipinski definition) is 4. The lowest BCUT2D eigenvalue weighted by molar-refractivity contribution is 0.156. The van der Waals surface area contributed by atoms with Crippen LogP contribution in [0.2, 0.25) is 0 Å². The van der Waals surface area contributed by atoms with Crippen molar-refractivity contribution in [3.63, 3.8) is 0 Å². The molecule has 0 unspecified atom stereocenters. The molecular formula is C18H23N3O3. The van der Waals surface area contributed by atoms with Gasteiger partial charge in [-0.1, -0.05) is 18.9 Å². The topological polar surface area (TPSA) is 87.4 Å². The van der Waals surface area contributed by atoms with Gasteiger partial charge in [-0.3, -0.25) is 0 Å². The van der Waals surface area contributed by atoms with Crippen LogP contribution in [0.15, 0.2) is 34.9 Å². The lowest BCUT2D eigenvalue weighted by Gasteiger charge is -2.30. The van der Waals surface area contributed by atoms with Crippen LogP contribution in [-0.2, 0) is 0 Å². The Balaban J connectivity index is 1.64. The average molecular weight is 329 g/mol. The van der Waals surface area contributed by atoms with E-state index < -0.39 is 0 Å². The Bertz CT molecular complexity index is 698. The van der Waals surface area contributed by atoms with E-state index in [0.29, 0.717) is 11.6 Å². The van der Waals surface area contributed by atoms with E-state index in [2.05, 4.69) is 15.6 Å². The molecule has 0 aliphatic heterocycles. The maximum absolute atomic E-state index is 12.3. The molecule has 6 heteroatoms. The SMILES string of the molecule is Cc1cnc(-c2cccc(NC(=O)N[C@@H]3CCCC[C@@H]3CO)c2)o1. The molecule has 1 aromatic heterocycles. The van der Waals surface area contributed by atoms with Crippen molar-refractivity contribution in [2.24, 2.45) is 5.92 Å². The van der Waals surface area contributed by atoms with Gasteiger partial charge in [-0.15, -0.1) is 0 Å². The van der Waals surface area contributed by atoms with Crippen LogP contribution in [-0.4, -0.2) is 28.8 Å². The summed E-state index contributed by atoms with van der Waals surface area (Å²) in [5, 5.41) is 15.3. The highest BCUT2D eigenvalue weighted by atomic mass is 16.4. The van der Waals surface area contributed by atoms with Crippen molar-refractivity contribution in [2.75, 3.05) is 11.9 Å². The molecule has 24 heavy (non-hydrogen) atoms. The molecule has 1 aliphatic carbocycles. The van der Waals surface area contributed by atoms with Gasteiger partial charge >= 0.3 is 6.03 Å². The largest absolute Gasteiger partial charge is 0.441 e. The number of hydrogen-bond donors (Lipinski definition) is 3. The van der Waals surface area contributed by atoms with Crippen molar-refractivity contribution in [3.8, 4) is 11.5 Å². The third-order valence-electron chi connectivity index (χ3n) is 4.45. The van der Waals surface area contributed by atoms with Crippen LogP contribution in [0.25, 0.3) is 11.5 Å². The number of carbonyl (C=O) groups excluding carboxylic acids is 1. The summed E-state index contributed by atoms with van der Waals surface area (Å²) in [5.74, 6) is 1.42. The number of carbonyl (C=O) groups is 1. The number of rotatable bonds is 4. The second-order valence-corrected chi connectivity index (χ2v) is 6.29. The Labute approximate surface area is 141 Å². The molecule has 1 saturated carbocycles. The van der Waals surface area contributed by atoms with Crippen LogP contribution in [0.5, 0.6) is 0 Å². The van der Waals surface area contributed by atoms with E-state index >= 15 is 0 Å². The quantitative estimate of drug-likeness (QED) is 0.803. The summed E-state index contributed by atoms with van der Waals surface area (Å²) >= 11 is 0. The first-order chi connectivity index (χ1) is 11.7. The van der Waals surface area contributed by atoms with Crippen LogP contribution < -0.4 is 10.6 Å². The first-order valence-electron chi connectivity index (χ1n) is 8.37. The van der Waals surface area contributed by atoms with Gasteiger partial charge in [-0.25, -0.2) is 9.78 Å². The van der Waals surface area contributed by atoms with Crippen LogP contribution in [0, 0.1) is 12.8 Å². The standard InChI is InChI=1S/C18H23N3O3/c1-12-10-19-17(24-12)13-6-4-7-15(9-13)20-18(23)21-16-8-3-2-5-14(16)11-22/h4,6-7,9-10,14,16,22H,2-3,5,8,11H2,1H3,(H2,20,21,23)/t14-,16-/m1/s1. The van der Waals surface area contributed by atoms with Crippen molar-refractivity contribution in [2.45, 2.75) is 38.6 Å². The van der Waals surface area contributed by atoms with Crippen molar-refractivity contribution in [1.82, 2.24) is 10.3 Å². The molecule has 1 aromatic carbocycles. The Morgan fingerprint density at radius 3 is 2.96 bits per heavy atom. The monoisotopic (exact) mass is 329 g/mol. The number of aromatic nitrogens is 1. The normalized spacial score (nSPS) is 20.6. The molecule has 2 aromatic rings. The molecule has 1 heterocycles. The lowest BCUT2D eigenvalue weighted by Crippen LogP contribution is -2.45. The number of benzene rings is 1. The fourth-order valence-corrected chi connectivity index (χ4v) is 3.17. The number of nitrogens with zero attached hydrogens (tertiary/aromatic N) is 1. The van der Waals surface area contributed by atoms with Gasteiger partial charge in [0.2, 0.25) is 5.89 Å². The summed E-state index contributed by atoms with van der Waals surface area (Å²) in [7, 11) is 0. The molecule has 2 amide bonds. The zero-order valence-corrected chi connectivity index (χ0v) is 13.8. The minimum atomic E-state index is -0.249. The molecule has 3 N–H and O–H groups in total. The Hall–Kier alpha value is -2.34. The van der Waals surface area contributed by atoms with Crippen molar-refractivity contribution in [3.05, 3.63) is 36.2 Å². The lowest BCUT2D eigenvalue weighted by atomic mass is 9.85. The number of amides is 2. The van der Waals surface area contributed by atoms with Crippen LogP contribution in [0.4, 0.5) is 10.5 Å². The van der Waals surface area contributed by atoms with Gasteiger partial charge in [0.05, 0.1) is 6.20 Å². The van der Waals surface area contributed by atoms with Crippen LogP contribution >= 0.6 is 0 Å².